The van der Waals surface area contributed by atoms with E-state index in [0.717, 1.165) is 0 Å². The molecule has 8 heteroatoms. The zero-order valence-electron chi connectivity index (χ0n) is 15.3. The van der Waals surface area contributed by atoms with E-state index in [-0.39, 0.29) is 18.2 Å². The Balaban J connectivity index is 2.02. The van der Waals surface area contributed by atoms with Gasteiger partial charge in [0.2, 0.25) is 11.8 Å². The van der Waals surface area contributed by atoms with E-state index in [1.807, 2.05) is 0 Å². The van der Waals surface area contributed by atoms with Crippen molar-refractivity contribution in [1.82, 2.24) is 4.90 Å². The lowest BCUT2D eigenvalue weighted by atomic mass is 10.2. The van der Waals surface area contributed by atoms with Crippen LogP contribution in [-0.4, -0.2) is 36.9 Å². The van der Waals surface area contributed by atoms with Crippen molar-refractivity contribution in [1.29, 1.82) is 0 Å². The molecule has 0 saturated carbocycles. The third-order valence-electron chi connectivity index (χ3n) is 3.85. The van der Waals surface area contributed by atoms with Crippen LogP contribution in [0.25, 0.3) is 6.08 Å². The Morgan fingerprint density at radius 2 is 1.89 bits per heavy atom. The van der Waals surface area contributed by atoms with Gasteiger partial charge >= 0.3 is 0 Å². The number of methoxy groups -OCH3 is 1. The van der Waals surface area contributed by atoms with E-state index in [0.29, 0.717) is 27.8 Å². The van der Waals surface area contributed by atoms with Crippen LogP contribution in [0.4, 0.5) is 10.1 Å². The van der Waals surface area contributed by atoms with Crippen molar-refractivity contribution >= 4 is 46.8 Å². The molecule has 0 atom stereocenters. The predicted molar refractivity (Wildman–Crippen MR) is 109 cm³/mol. The van der Waals surface area contributed by atoms with Crippen molar-refractivity contribution in [3.8, 4) is 5.75 Å². The quantitative estimate of drug-likeness (QED) is 0.658. The maximum Gasteiger partial charge on any atom is 0.247 e. The van der Waals surface area contributed by atoms with Gasteiger partial charge in [-0.25, -0.2) is 4.39 Å². The fraction of sp³-hybridized carbons (Fsp3) is 0.200. The SMILES string of the molecule is CCN(CC(=O)Nc1c(Cl)cccc1Cl)C(=O)/C=C/c1ccc(OC)c(F)c1. The number of halogens is 3. The number of amides is 2. The first kappa shape index (κ1) is 21.7. The smallest absolute Gasteiger partial charge is 0.247 e. The third kappa shape index (κ3) is 5.71. The molecule has 0 unspecified atom stereocenters. The Labute approximate surface area is 172 Å². The molecule has 5 nitrogen and oxygen atoms in total. The van der Waals surface area contributed by atoms with Gasteiger partial charge in [0.15, 0.2) is 11.6 Å². The fourth-order valence-corrected chi connectivity index (χ4v) is 2.87. The lowest BCUT2D eigenvalue weighted by molar-refractivity contribution is -0.130. The molecule has 0 saturated heterocycles. The van der Waals surface area contributed by atoms with Crippen LogP contribution < -0.4 is 10.1 Å². The predicted octanol–water partition coefficient (Wildman–Crippen LogP) is 4.64. The number of rotatable bonds is 7. The number of ether oxygens (including phenoxy) is 1. The molecule has 0 radical (unpaired) electrons. The number of nitrogens with zero attached hydrogens (tertiary/aromatic N) is 1. The van der Waals surface area contributed by atoms with Crippen molar-refractivity contribution in [3.05, 3.63) is 63.9 Å². The molecule has 28 heavy (non-hydrogen) atoms. The molecule has 2 aromatic rings. The molecule has 0 aliphatic carbocycles. The average Bonchev–Trinajstić information content (AvgIpc) is 2.67. The second-order valence-corrected chi connectivity index (χ2v) is 6.54. The highest BCUT2D eigenvalue weighted by Crippen LogP contribution is 2.29. The minimum absolute atomic E-state index is 0.119. The number of anilines is 1. The van der Waals surface area contributed by atoms with Crippen LogP contribution in [0.15, 0.2) is 42.5 Å². The van der Waals surface area contributed by atoms with E-state index < -0.39 is 11.7 Å². The first-order chi connectivity index (χ1) is 13.3. The first-order valence-electron chi connectivity index (χ1n) is 8.40. The van der Waals surface area contributed by atoms with Crippen molar-refractivity contribution in [2.75, 3.05) is 25.5 Å². The van der Waals surface area contributed by atoms with Crippen molar-refractivity contribution in [2.45, 2.75) is 6.92 Å². The summed E-state index contributed by atoms with van der Waals surface area (Å²) in [6.07, 6.45) is 2.75. The molecule has 0 bridgehead atoms. The lowest BCUT2D eigenvalue weighted by Gasteiger charge is -2.19. The minimum Gasteiger partial charge on any atom is -0.494 e. The number of para-hydroxylation sites is 1. The zero-order chi connectivity index (χ0) is 20.7. The summed E-state index contributed by atoms with van der Waals surface area (Å²) in [4.78, 5) is 26.0. The molecular weight excluding hydrogens is 406 g/mol. The van der Waals surface area contributed by atoms with Crippen molar-refractivity contribution < 1.29 is 18.7 Å². The van der Waals surface area contributed by atoms with E-state index in [1.54, 1.807) is 31.2 Å². The van der Waals surface area contributed by atoms with E-state index in [1.165, 1.54) is 36.3 Å². The van der Waals surface area contributed by atoms with Crippen LogP contribution in [0, 0.1) is 5.82 Å². The van der Waals surface area contributed by atoms with Crippen LogP contribution in [0.3, 0.4) is 0 Å². The van der Waals surface area contributed by atoms with Crippen LogP contribution in [0.2, 0.25) is 10.0 Å². The maximum absolute atomic E-state index is 13.7. The van der Waals surface area contributed by atoms with Gasteiger partial charge in [-0.2, -0.15) is 0 Å². The summed E-state index contributed by atoms with van der Waals surface area (Å²) in [6.45, 7) is 1.87. The number of carbonyl (C=O) groups is 2. The van der Waals surface area contributed by atoms with Gasteiger partial charge in [0.1, 0.15) is 6.54 Å². The maximum atomic E-state index is 13.7. The Morgan fingerprint density at radius 1 is 1.21 bits per heavy atom. The van der Waals surface area contributed by atoms with Gasteiger partial charge in [-0.15, -0.1) is 0 Å². The number of hydrogen-bond donors (Lipinski definition) is 1. The second kappa shape index (κ2) is 10.1. The summed E-state index contributed by atoms with van der Waals surface area (Å²) >= 11 is 12.1. The van der Waals surface area contributed by atoms with Crippen LogP contribution >= 0.6 is 23.2 Å². The Hall–Kier alpha value is -2.57. The van der Waals surface area contributed by atoms with E-state index in [9.17, 15) is 14.0 Å². The van der Waals surface area contributed by atoms with Gasteiger partial charge in [0.05, 0.1) is 22.8 Å². The normalized spacial score (nSPS) is 10.8. The van der Waals surface area contributed by atoms with Crippen molar-refractivity contribution in [3.63, 3.8) is 0 Å². The van der Waals surface area contributed by atoms with Gasteiger partial charge in [0.25, 0.3) is 0 Å². The summed E-state index contributed by atoms with van der Waals surface area (Å²) in [7, 11) is 1.37. The Morgan fingerprint density at radius 3 is 2.46 bits per heavy atom. The van der Waals surface area contributed by atoms with Gasteiger partial charge in [-0.05, 0) is 42.8 Å². The number of benzene rings is 2. The lowest BCUT2D eigenvalue weighted by Crippen LogP contribution is -2.37. The highest BCUT2D eigenvalue weighted by Gasteiger charge is 2.15. The van der Waals surface area contributed by atoms with E-state index in [4.69, 9.17) is 27.9 Å². The molecule has 1 N–H and O–H groups in total. The summed E-state index contributed by atoms with van der Waals surface area (Å²) in [5.41, 5.74) is 0.790. The van der Waals surface area contributed by atoms with Crippen LogP contribution in [-0.2, 0) is 9.59 Å². The Kier molecular flexibility index (Phi) is 7.84. The van der Waals surface area contributed by atoms with Gasteiger partial charge < -0.3 is 15.0 Å². The number of hydrogen-bond acceptors (Lipinski definition) is 3. The summed E-state index contributed by atoms with van der Waals surface area (Å²) in [5, 5.41) is 3.21. The summed E-state index contributed by atoms with van der Waals surface area (Å²) in [6, 6.07) is 9.21. The highest BCUT2D eigenvalue weighted by atomic mass is 35.5. The monoisotopic (exact) mass is 424 g/mol. The number of likely N-dealkylation sites (N-methyl/N-ethyl adjacent to an activating group) is 1. The highest BCUT2D eigenvalue weighted by molar-refractivity contribution is 6.39. The fourth-order valence-electron chi connectivity index (χ4n) is 2.37. The molecule has 0 heterocycles. The number of nitrogens with one attached hydrogen (secondary N) is 1. The average molecular weight is 425 g/mol. The third-order valence-corrected chi connectivity index (χ3v) is 4.48. The molecule has 0 aliphatic heterocycles. The second-order valence-electron chi connectivity index (χ2n) is 5.72. The molecule has 0 aliphatic rings. The van der Waals surface area contributed by atoms with Gasteiger partial charge in [0, 0.05) is 12.6 Å². The minimum atomic E-state index is -0.527. The largest absolute Gasteiger partial charge is 0.494 e. The van der Waals surface area contributed by atoms with E-state index in [2.05, 4.69) is 5.32 Å². The van der Waals surface area contributed by atoms with Crippen LogP contribution in [0.5, 0.6) is 5.75 Å². The molecular formula is C20H19Cl2FN2O3. The summed E-state index contributed by atoms with van der Waals surface area (Å²) in [5.74, 6) is -1.23. The van der Waals surface area contributed by atoms with Gasteiger partial charge in [-0.3, -0.25) is 9.59 Å². The van der Waals surface area contributed by atoms with E-state index >= 15 is 0 Å². The molecule has 148 valence electrons. The van der Waals surface area contributed by atoms with Gasteiger partial charge in [-0.1, -0.05) is 35.3 Å². The number of carbonyl (C=O) groups excluding carboxylic acids is 2. The molecule has 2 amide bonds. The zero-order valence-corrected chi connectivity index (χ0v) is 16.9. The van der Waals surface area contributed by atoms with Crippen molar-refractivity contribution in [2.24, 2.45) is 0 Å². The van der Waals surface area contributed by atoms with Crippen LogP contribution in [0.1, 0.15) is 12.5 Å². The standard InChI is InChI=1S/C20H19Cl2FN2O3/c1-3-25(12-18(26)24-20-14(21)5-4-6-15(20)22)19(27)10-8-13-7-9-17(28-2)16(23)11-13/h4-11H,3,12H2,1-2H3,(H,24,26)/b10-8+. The molecule has 2 rings (SSSR count). The molecule has 0 spiro atoms. The topological polar surface area (TPSA) is 58.6 Å². The summed E-state index contributed by atoms with van der Waals surface area (Å²) < 4.78 is 18.6. The Bertz CT molecular complexity index is 883. The molecule has 2 aromatic carbocycles. The molecule has 0 fully saturated rings. The molecule has 0 aromatic heterocycles. The first-order valence-corrected chi connectivity index (χ1v) is 9.15.